The number of hydrogen-bond acceptors (Lipinski definition) is 5. The molecule has 0 bridgehead atoms. The van der Waals surface area contributed by atoms with Gasteiger partial charge in [-0.15, -0.1) is 0 Å². The van der Waals surface area contributed by atoms with Gasteiger partial charge in [0.25, 0.3) is 5.24 Å². The summed E-state index contributed by atoms with van der Waals surface area (Å²) >= 11 is 1.22. The highest BCUT2D eigenvalue weighted by molar-refractivity contribution is 8.13. The number of aliphatic hydroxyl groups excluding tert-OH is 1. The van der Waals surface area contributed by atoms with Gasteiger partial charge in [-0.1, -0.05) is 11.8 Å². The van der Waals surface area contributed by atoms with Crippen LogP contribution in [0.2, 0.25) is 0 Å². The molecule has 2 rings (SSSR count). The van der Waals surface area contributed by atoms with E-state index in [1.165, 1.54) is 16.7 Å². The standard InChI is InChI=1S/C11H16N2O5S/c14-7-5-8(10(16)17)13(6-7)9(15)1-2-12-3-4-19-11(12)18/h7-8,14H,1-6H2,(H,16,17)/t7-,8+/m1/s1. The number of rotatable bonds is 4. The predicted molar refractivity (Wildman–Crippen MR) is 67.8 cm³/mol. The van der Waals surface area contributed by atoms with E-state index in [-0.39, 0.29) is 30.5 Å². The molecule has 7 nitrogen and oxygen atoms in total. The predicted octanol–water partition coefficient (Wildman–Crippen LogP) is -0.408. The normalized spacial score (nSPS) is 27.1. The molecule has 2 fully saturated rings. The molecule has 0 aromatic heterocycles. The summed E-state index contributed by atoms with van der Waals surface area (Å²) in [5.41, 5.74) is 0. The zero-order valence-corrected chi connectivity index (χ0v) is 11.1. The van der Waals surface area contributed by atoms with Gasteiger partial charge in [0, 0.05) is 38.2 Å². The molecule has 106 valence electrons. The van der Waals surface area contributed by atoms with Crippen LogP contribution >= 0.6 is 11.8 Å². The maximum Gasteiger partial charge on any atom is 0.326 e. The number of aliphatic hydroxyl groups is 1. The van der Waals surface area contributed by atoms with Crippen LogP contribution in [0.5, 0.6) is 0 Å². The van der Waals surface area contributed by atoms with E-state index in [1.54, 1.807) is 4.90 Å². The minimum Gasteiger partial charge on any atom is -0.480 e. The second-order valence-electron chi connectivity index (χ2n) is 4.64. The van der Waals surface area contributed by atoms with Crippen LogP contribution in [0.3, 0.4) is 0 Å². The number of thioether (sulfide) groups is 1. The van der Waals surface area contributed by atoms with Crippen molar-refractivity contribution in [2.75, 3.05) is 25.4 Å². The molecule has 0 aromatic carbocycles. The second-order valence-corrected chi connectivity index (χ2v) is 5.69. The van der Waals surface area contributed by atoms with E-state index in [2.05, 4.69) is 0 Å². The number of carboxylic acids is 1. The van der Waals surface area contributed by atoms with Crippen LogP contribution in [0.1, 0.15) is 12.8 Å². The van der Waals surface area contributed by atoms with Gasteiger partial charge in [-0.05, 0) is 0 Å². The van der Waals surface area contributed by atoms with E-state index in [0.29, 0.717) is 13.1 Å². The molecule has 2 amide bonds. The van der Waals surface area contributed by atoms with Crippen LogP contribution in [-0.4, -0.2) is 74.7 Å². The van der Waals surface area contributed by atoms with E-state index in [9.17, 15) is 19.5 Å². The minimum absolute atomic E-state index is 0.0379. The topological polar surface area (TPSA) is 98.2 Å². The Labute approximate surface area is 114 Å². The van der Waals surface area contributed by atoms with E-state index < -0.39 is 18.1 Å². The molecular formula is C11H16N2O5S. The number of carboxylic acid groups (broad SMARTS) is 1. The Balaban J connectivity index is 1.88. The fourth-order valence-corrected chi connectivity index (χ4v) is 3.18. The van der Waals surface area contributed by atoms with Gasteiger partial charge in [0.05, 0.1) is 6.10 Å². The largest absolute Gasteiger partial charge is 0.480 e. The summed E-state index contributed by atoms with van der Waals surface area (Å²) in [6, 6.07) is -0.953. The number of hydrogen-bond donors (Lipinski definition) is 2. The Hall–Kier alpha value is -1.28. The SMILES string of the molecule is O=C(O)[C@@H]1C[C@@H](O)CN1C(=O)CCN1CCSC1=O. The van der Waals surface area contributed by atoms with Gasteiger partial charge in [-0.25, -0.2) is 4.79 Å². The van der Waals surface area contributed by atoms with E-state index >= 15 is 0 Å². The van der Waals surface area contributed by atoms with Crippen LogP contribution in [-0.2, 0) is 9.59 Å². The summed E-state index contributed by atoms with van der Waals surface area (Å²) in [6.07, 6.45) is -0.614. The van der Waals surface area contributed by atoms with E-state index in [4.69, 9.17) is 5.11 Å². The summed E-state index contributed by atoms with van der Waals surface area (Å²) in [7, 11) is 0. The first-order valence-electron chi connectivity index (χ1n) is 6.11. The number of β-amino-alcohol motifs (C(OH)–C–C–N with tert-alkyl or cyclic N) is 1. The van der Waals surface area contributed by atoms with E-state index in [0.717, 1.165) is 5.75 Å². The van der Waals surface area contributed by atoms with Gasteiger partial charge in [0.1, 0.15) is 6.04 Å². The van der Waals surface area contributed by atoms with Crippen molar-refractivity contribution in [1.82, 2.24) is 9.80 Å². The van der Waals surface area contributed by atoms with Crippen molar-refractivity contribution in [3.8, 4) is 0 Å². The van der Waals surface area contributed by atoms with Gasteiger partial charge in [0.15, 0.2) is 0 Å². The molecule has 2 N–H and O–H groups in total. The Bertz CT molecular complexity index is 403. The molecule has 2 atom stereocenters. The third-order valence-corrected chi connectivity index (χ3v) is 4.22. The maximum atomic E-state index is 12.0. The van der Waals surface area contributed by atoms with Crippen molar-refractivity contribution < 1.29 is 24.6 Å². The molecule has 0 aliphatic carbocycles. The van der Waals surface area contributed by atoms with Crippen molar-refractivity contribution in [3.63, 3.8) is 0 Å². The van der Waals surface area contributed by atoms with E-state index in [1.807, 2.05) is 0 Å². The molecule has 8 heteroatoms. The summed E-state index contributed by atoms with van der Waals surface area (Å²) in [6.45, 7) is 0.990. The molecule has 2 saturated heterocycles. The summed E-state index contributed by atoms with van der Waals surface area (Å²) in [5, 5.41) is 18.4. The van der Waals surface area contributed by atoms with Crippen molar-refractivity contribution in [2.24, 2.45) is 0 Å². The molecule has 0 radical (unpaired) electrons. The first kappa shape index (κ1) is 14.1. The van der Waals surface area contributed by atoms with Gasteiger partial charge in [0.2, 0.25) is 5.91 Å². The molecule has 0 saturated carbocycles. The first-order valence-corrected chi connectivity index (χ1v) is 7.09. The molecule has 2 heterocycles. The van der Waals surface area contributed by atoms with Crippen molar-refractivity contribution in [3.05, 3.63) is 0 Å². The number of amides is 2. The van der Waals surface area contributed by atoms with Crippen molar-refractivity contribution >= 4 is 28.9 Å². The molecule has 2 aliphatic heterocycles. The lowest BCUT2D eigenvalue weighted by atomic mass is 10.2. The van der Waals surface area contributed by atoms with Crippen LogP contribution in [0.25, 0.3) is 0 Å². The van der Waals surface area contributed by atoms with Crippen LogP contribution in [0.4, 0.5) is 4.79 Å². The molecule has 2 aliphatic rings. The maximum absolute atomic E-state index is 12.0. The number of carbonyl (C=O) groups excluding carboxylic acids is 2. The summed E-state index contributed by atoms with van der Waals surface area (Å²) < 4.78 is 0. The molecular weight excluding hydrogens is 272 g/mol. The number of carbonyl (C=O) groups is 3. The smallest absolute Gasteiger partial charge is 0.326 e. The number of likely N-dealkylation sites (tertiary alicyclic amines) is 1. The highest BCUT2D eigenvalue weighted by Gasteiger charge is 2.38. The molecule has 19 heavy (non-hydrogen) atoms. The average Bonchev–Trinajstić information content (AvgIpc) is 2.92. The van der Waals surface area contributed by atoms with Gasteiger partial charge >= 0.3 is 5.97 Å². The Morgan fingerprint density at radius 1 is 1.42 bits per heavy atom. The molecule has 0 aromatic rings. The minimum atomic E-state index is -1.10. The third-order valence-electron chi connectivity index (χ3n) is 3.32. The zero-order valence-electron chi connectivity index (χ0n) is 10.3. The lowest BCUT2D eigenvalue weighted by Gasteiger charge is -2.22. The third kappa shape index (κ3) is 3.19. The van der Waals surface area contributed by atoms with Crippen molar-refractivity contribution in [2.45, 2.75) is 25.0 Å². The highest BCUT2D eigenvalue weighted by atomic mass is 32.2. The van der Waals surface area contributed by atoms with Gasteiger partial charge in [-0.2, -0.15) is 0 Å². The highest BCUT2D eigenvalue weighted by Crippen LogP contribution is 2.21. The monoisotopic (exact) mass is 288 g/mol. The fourth-order valence-electron chi connectivity index (χ4n) is 2.33. The lowest BCUT2D eigenvalue weighted by molar-refractivity contribution is -0.148. The Morgan fingerprint density at radius 2 is 2.16 bits per heavy atom. The number of aliphatic carboxylic acids is 1. The average molecular weight is 288 g/mol. The first-order chi connectivity index (χ1) is 8.99. The summed E-state index contributed by atoms with van der Waals surface area (Å²) in [5.74, 6) is -0.695. The van der Waals surface area contributed by atoms with Crippen LogP contribution in [0.15, 0.2) is 0 Å². The van der Waals surface area contributed by atoms with Gasteiger partial charge in [-0.3, -0.25) is 9.59 Å². The fraction of sp³-hybridized carbons (Fsp3) is 0.727. The van der Waals surface area contributed by atoms with Crippen molar-refractivity contribution in [1.29, 1.82) is 0 Å². The zero-order chi connectivity index (χ0) is 14.0. The Morgan fingerprint density at radius 3 is 2.74 bits per heavy atom. The second kappa shape index (κ2) is 5.79. The molecule has 0 spiro atoms. The van der Waals surface area contributed by atoms with Crippen LogP contribution in [0, 0.1) is 0 Å². The molecule has 0 unspecified atom stereocenters. The van der Waals surface area contributed by atoms with Gasteiger partial charge < -0.3 is 20.0 Å². The quantitative estimate of drug-likeness (QED) is 0.730. The summed E-state index contributed by atoms with van der Waals surface area (Å²) in [4.78, 5) is 37.1. The van der Waals surface area contributed by atoms with Crippen LogP contribution < -0.4 is 0 Å². The lowest BCUT2D eigenvalue weighted by Crippen LogP contribution is -2.42. The Kier molecular flexibility index (Phi) is 4.31. The number of nitrogens with zero attached hydrogens (tertiary/aromatic N) is 2.